The fraction of sp³-hybridized carbons (Fsp3) is 0.0909. The number of para-hydroxylation sites is 1. The molecule has 5 nitrogen and oxygen atoms in total. The molecule has 5 rings (SSSR count). The first kappa shape index (κ1) is 15.6. The van der Waals surface area contributed by atoms with Crippen LogP contribution in [0.3, 0.4) is 0 Å². The Balaban J connectivity index is 1.55. The molecule has 0 atom stereocenters. The third-order valence-corrected chi connectivity index (χ3v) is 5.05. The van der Waals surface area contributed by atoms with Gasteiger partial charge in [-0.25, -0.2) is 9.97 Å². The summed E-state index contributed by atoms with van der Waals surface area (Å²) < 4.78 is 0. The van der Waals surface area contributed by atoms with Crippen molar-refractivity contribution in [2.45, 2.75) is 6.42 Å². The molecule has 0 saturated carbocycles. The van der Waals surface area contributed by atoms with Crippen LogP contribution < -0.4 is 16.0 Å². The molecule has 0 amide bonds. The van der Waals surface area contributed by atoms with E-state index in [0.717, 1.165) is 29.9 Å². The molecule has 0 unspecified atom stereocenters. The van der Waals surface area contributed by atoms with Crippen LogP contribution >= 0.6 is 0 Å². The van der Waals surface area contributed by atoms with Gasteiger partial charge in [0.25, 0.3) is 0 Å². The van der Waals surface area contributed by atoms with Crippen LogP contribution in [0.1, 0.15) is 5.56 Å². The second-order valence-electron chi connectivity index (χ2n) is 6.64. The zero-order chi connectivity index (χ0) is 18.2. The predicted octanol–water partition coefficient (Wildman–Crippen LogP) is 4.65. The summed E-state index contributed by atoms with van der Waals surface area (Å²) in [4.78, 5) is 11.0. The second-order valence-corrected chi connectivity index (χ2v) is 6.64. The Bertz CT molecular complexity index is 1130. The number of benzene rings is 3. The first-order valence-electron chi connectivity index (χ1n) is 9.02. The van der Waals surface area contributed by atoms with E-state index in [9.17, 15) is 0 Å². The standard InChI is InChI=1S/C22H19N5/c23-20-21(26-18-10-5-8-15-6-1-3-9-17(15)18)24-14-25-22(20)27-13-12-16-7-2-4-11-19(16)27/h1-11,14H,12-13,23H2,(H,24,25,26). The van der Waals surface area contributed by atoms with E-state index in [1.54, 1.807) is 6.33 Å². The molecule has 4 aromatic rings. The van der Waals surface area contributed by atoms with Crippen molar-refractivity contribution in [2.75, 3.05) is 22.5 Å². The smallest absolute Gasteiger partial charge is 0.161 e. The van der Waals surface area contributed by atoms with Gasteiger partial charge in [-0.05, 0) is 29.5 Å². The second kappa shape index (κ2) is 6.29. The van der Waals surface area contributed by atoms with E-state index in [1.165, 1.54) is 16.6 Å². The number of aromatic nitrogens is 2. The van der Waals surface area contributed by atoms with Crippen LogP contribution in [0, 0.1) is 0 Å². The maximum atomic E-state index is 6.48. The van der Waals surface area contributed by atoms with Crippen LogP contribution in [-0.2, 0) is 6.42 Å². The van der Waals surface area contributed by atoms with Gasteiger partial charge in [0, 0.05) is 23.3 Å². The van der Waals surface area contributed by atoms with Crippen molar-refractivity contribution in [3.8, 4) is 0 Å². The molecule has 5 heteroatoms. The lowest BCUT2D eigenvalue weighted by atomic mass is 10.1. The van der Waals surface area contributed by atoms with Gasteiger partial charge in [0.15, 0.2) is 11.6 Å². The third kappa shape index (κ3) is 2.64. The zero-order valence-electron chi connectivity index (χ0n) is 14.8. The molecule has 1 aliphatic rings. The number of nitrogens with two attached hydrogens (primary N) is 1. The highest BCUT2D eigenvalue weighted by Crippen LogP contribution is 2.38. The van der Waals surface area contributed by atoms with Gasteiger partial charge in [-0.3, -0.25) is 0 Å². The van der Waals surface area contributed by atoms with E-state index in [4.69, 9.17) is 5.73 Å². The topological polar surface area (TPSA) is 67.1 Å². The SMILES string of the molecule is Nc1c(Nc2cccc3ccccc23)ncnc1N1CCc2ccccc21. The quantitative estimate of drug-likeness (QED) is 0.561. The number of nitrogen functional groups attached to an aromatic ring is 1. The number of hydrogen-bond donors (Lipinski definition) is 2. The van der Waals surface area contributed by atoms with Crippen molar-refractivity contribution < 1.29 is 0 Å². The minimum absolute atomic E-state index is 0.558. The Morgan fingerprint density at radius 3 is 2.67 bits per heavy atom. The normalized spacial score (nSPS) is 13.0. The molecule has 0 aliphatic carbocycles. The lowest BCUT2D eigenvalue weighted by Gasteiger charge is -2.21. The lowest BCUT2D eigenvalue weighted by molar-refractivity contribution is 0.968. The first-order chi connectivity index (χ1) is 13.3. The number of nitrogens with zero attached hydrogens (tertiary/aromatic N) is 3. The predicted molar refractivity (Wildman–Crippen MR) is 111 cm³/mol. The molecule has 1 aliphatic heterocycles. The molecular weight excluding hydrogens is 334 g/mol. The van der Waals surface area contributed by atoms with Gasteiger partial charge in [-0.2, -0.15) is 0 Å². The van der Waals surface area contributed by atoms with Gasteiger partial charge in [0.05, 0.1) is 0 Å². The average Bonchev–Trinajstić information content (AvgIpc) is 3.14. The molecule has 2 heterocycles. The zero-order valence-corrected chi connectivity index (χ0v) is 14.8. The maximum Gasteiger partial charge on any atom is 0.161 e. The van der Waals surface area contributed by atoms with Crippen molar-refractivity contribution in [3.05, 3.63) is 78.6 Å². The van der Waals surface area contributed by atoms with Crippen molar-refractivity contribution in [1.82, 2.24) is 9.97 Å². The third-order valence-electron chi connectivity index (χ3n) is 5.05. The minimum atomic E-state index is 0.558. The summed E-state index contributed by atoms with van der Waals surface area (Å²) in [7, 11) is 0. The Kier molecular flexibility index (Phi) is 3.64. The van der Waals surface area contributed by atoms with Crippen LogP contribution in [0.25, 0.3) is 10.8 Å². The largest absolute Gasteiger partial charge is 0.393 e. The molecule has 3 N–H and O–H groups in total. The van der Waals surface area contributed by atoms with Crippen molar-refractivity contribution in [2.24, 2.45) is 0 Å². The van der Waals surface area contributed by atoms with Gasteiger partial charge in [-0.15, -0.1) is 0 Å². The monoisotopic (exact) mass is 353 g/mol. The summed E-state index contributed by atoms with van der Waals surface area (Å²) in [6.45, 7) is 0.869. The summed E-state index contributed by atoms with van der Waals surface area (Å²) in [6.07, 6.45) is 2.56. The Labute approximate surface area is 157 Å². The van der Waals surface area contributed by atoms with Crippen LogP contribution in [0.2, 0.25) is 0 Å². The van der Waals surface area contributed by atoms with E-state index in [1.807, 2.05) is 30.3 Å². The summed E-state index contributed by atoms with van der Waals surface area (Å²) in [5.41, 5.74) is 10.5. The highest BCUT2D eigenvalue weighted by molar-refractivity contribution is 5.96. The number of rotatable bonds is 3. The molecule has 0 radical (unpaired) electrons. The number of fused-ring (bicyclic) bond motifs is 2. The van der Waals surface area contributed by atoms with Gasteiger partial charge >= 0.3 is 0 Å². The van der Waals surface area contributed by atoms with E-state index in [0.29, 0.717) is 11.5 Å². The van der Waals surface area contributed by atoms with Gasteiger partial charge in [0.2, 0.25) is 0 Å². The average molecular weight is 353 g/mol. The first-order valence-corrected chi connectivity index (χ1v) is 9.02. The van der Waals surface area contributed by atoms with E-state index in [-0.39, 0.29) is 0 Å². The van der Waals surface area contributed by atoms with E-state index < -0.39 is 0 Å². The van der Waals surface area contributed by atoms with Gasteiger partial charge < -0.3 is 16.0 Å². The molecule has 3 aromatic carbocycles. The molecule has 132 valence electrons. The molecule has 0 spiro atoms. The molecule has 0 bridgehead atoms. The molecule has 0 fully saturated rings. The van der Waals surface area contributed by atoms with Gasteiger partial charge in [-0.1, -0.05) is 54.6 Å². The van der Waals surface area contributed by atoms with Crippen LogP contribution in [0.4, 0.5) is 28.7 Å². The Hall–Kier alpha value is -3.60. The van der Waals surface area contributed by atoms with E-state index >= 15 is 0 Å². The number of hydrogen-bond acceptors (Lipinski definition) is 5. The van der Waals surface area contributed by atoms with Crippen LogP contribution in [0.5, 0.6) is 0 Å². The lowest BCUT2D eigenvalue weighted by Crippen LogP contribution is -2.17. The fourth-order valence-electron chi connectivity index (χ4n) is 3.72. The highest BCUT2D eigenvalue weighted by Gasteiger charge is 2.24. The van der Waals surface area contributed by atoms with Crippen LogP contribution in [0.15, 0.2) is 73.1 Å². The maximum absolute atomic E-state index is 6.48. The van der Waals surface area contributed by atoms with Crippen molar-refractivity contribution >= 4 is 39.5 Å². The Morgan fingerprint density at radius 2 is 1.70 bits per heavy atom. The number of anilines is 5. The van der Waals surface area contributed by atoms with Crippen molar-refractivity contribution in [3.63, 3.8) is 0 Å². The van der Waals surface area contributed by atoms with Crippen LogP contribution in [-0.4, -0.2) is 16.5 Å². The summed E-state index contributed by atoms with van der Waals surface area (Å²) in [6, 6.07) is 22.8. The summed E-state index contributed by atoms with van der Waals surface area (Å²) in [5.74, 6) is 1.37. The number of nitrogens with one attached hydrogen (secondary N) is 1. The molecule has 0 saturated heterocycles. The highest BCUT2D eigenvalue weighted by atomic mass is 15.2. The molecule has 27 heavy (non-hydrogen) atoms. The van der Waals surface area contributed by atoms with Gasteiger partial charge in [0.1, 0.15) is 12.0 Å². The summed E-state index contributed by atoms with van der Waals surface area (Å²) >= 11 is 0. The fourth-order valence-corrected chi connectivity index (χ4v) is 3.72. The minimum Gasteiger partial charge on any atom is -0.393 e. The Morgan fingerprint density at radius 1 is 0.889 bits per heavy atom. The summed E-state index contributed by atoms with van der Waals surface area (Å²) in [5, 5.41) is 5.70. The molecule has 1 aromatic heterocycles. The van der Waals surface area contributed by atoms with E-state index in [2.05, 4.69) is 56.6 Å². The molecular formula is C22H19N5. The van der Waals surface area contributed by atoms with Crippen molar-refractivity contribution in [1.29, 1.82) is 0 Å².